The summed E-state index contributed by atoms with van der Waals surface area (Å²) in [5.74, 6) is 0.167. The Morgan fingerprint density at radius 3 is 2.67 bits per heavy atom. The van der Waals surface area contributed by atoms with E-state index in [2.05, 4.69) is 29.0 Å². The van der Waals surface area contributed by atoms with E-state index in [1.807, 2.05) is 22.9 Å². The highest BCUT2D eigenvalue weighted by atomic mass is 35.5. The van der Waals surface area contributed by atoms with Gasteiger partial charge in [0.25, 0.3) is 5.91 Å². The predicted molar refractivity (Wildman–Crippen MR) is 154 cm³/mol. The second-order valence-corrected chi connectivity index (χ2v) is 11.4. The molecule has 40 heavy (non-hydrogen) atoms. The molecule has 0 bridgehead atoms. The van der Waals surface area contributed by atoms with Crippen molar-refractivity contribution in [2.45, 2.75) is 64.5 Å². The number of aromatic nitrogens is 2. The maximum Gasteiger partial charge on any atom is 0.271 e. The minimum Gasteiger partial charge on any atom is -0.392 e. The molecule has 1 fully saturated rings. The number of nitrogens with zero attached hydrogens (tertiary/aromatic N) is 4. The molecule has 2 aromatic heterocycles. The second kappa shape index (κ2) is 12.3. The number of rotatable bonds is 9. The van der Waals surface area contributed by atoms with Gasteiger partial charge in [0.05, 0.1) is 24.3 Å². The Hall–Kier alpha value is -2.98. The van der Waals surface area contributed by atoms with Gasteiger partial charge in [-0.05, 0) is 62.1 Å². The van der Waals surface area contributed by atoms with Crippen molar-refractivity contribution in [3.63, 3.8) is 0 Å². The number of fused-ring (bicyclic) bond motifs is 1. The molecule has 0 aliphatic carbocycles. The summed E-state index contributed by atoms with van der Waals surface area (Å²) in [5, 5.41) is 13.9. The number of carbonyl (C=O) groups is 1. The third-order valence-electron chi connectivity index (χ3n) is 8.04. The zero-order valence-electron chi connectivity index (χ0n) is 23.2. The first kappa shape index (κ1) is 28.5. The lowest BCUT2D eigenvalue weighted by Gasteiger charge is -2.36. The van der Waals surface area contributed by atoms with Crippen molar-refractivity contribution in [1.29, 1.82) is 0 Å². The molecule has 0 radical (unpaired) electrons. The third kappa shape index (κ3) is 6.02. The van der Waals surface area contributed by atoms with E-state index in [-0.39, 0.29) is 25.1 Å². The van der Waals surface area contributed by atoms with E-state index in [9.17, 15) is 14.3 Å². The van der Waals surface area contributed by atoms with Crippen molar-refractivity contribution in [3.05, 3.63) is 70.4 Å². The number of hydrogen-bond acceptors (Lipinski definition) is 6. The van der Waals surface area contributed by atoms with Crippen LogP contribution in [0, 0.1) is 5.82 Å². The lowest BCUT2D eigenvalue weighted by Crippen LogP contribution is -2.49. The van der Waals surface area contributed by atoms with Crippen LogP contribution in [0.15, 0.2) is 42.7 Å². The van der Waals surface area contributed by atoms with Crippen LogP contribution in [0.25, 0.3) is 11.1 Å². The molecular weight excluding hydrogens is 533 g/mol. The Balaban J connectivity index is 1.39. The van der Waals surface area contributed by atoms with Crippen molar-refractivity contribution in [2.75, 3.05) is 32.1 Å². The molecule has 4 heterocycles. The van der Waals surface area contributed by atoms with Gasteiger partial charge in [0, 0.05) is 68.9 Å². The fourth-order valence-electron chi connectivity index (χ4n) is 5.75. The summed E-state index contributed by atoms with van der Waals surface area (Å²) in [5.41, 5.74) is 3.31. The second-order valence-electron chi connectivity index (χ2n) is 11.0. The van der Waals surface area contributed by atoms with E-state index in [0.29, 0.717) is 47.1 Å². The van der Waals surface area contributed by atoms with Crippen LogP contribution in [0.3, 0.4) is 0 Å². The zero-order valence-corrected chi connectivity index (χ0v) is 24.0. The van der Waals surface area contributed by atoms with Crippen LogP contribution in [-0.4, -0.2) is 75.3 Å². The number of nitrogens with one attached hydrogen (secondary N) is 1. The Morgan fingerprint density at radius 2 is 1.98 bits per heavy atom. The van der Waals surface area contributed by atoms with Crippen LogP contribution in [-0.2, 0) is 24.4 Å². The lowest BCUT2D eigenvalue weighted by molar-refractivity contribution is 0.0386. The molecule has 1 atom stereocenters. The van der Waals surface area contributed by atoms with E-state index in [0.717, 1.165) is 42.9 Å². The van der Waals surface area contributed by atoms with Gasteiger partial charge in [0.1, 0.15) is 17.3 Å². The van der Waals surface area contributed by atoms with Gasteiger partial charge in [0.2, 0.25) is 0 Å². The number of ether oxygens (including phenoxy) is 1. The van der Waals surface area contributed by atoms with Crippen LogP contribution in [0.2, 0.25) is 5.02 Å². The van der Waals surface area contributed by atoms with Gasteiger partial charge in [-0.15, -0.1) is 0 Å². The number of likely N-dealkylation sites (tertiary alicyclic amines) is 1. The zero-order chi connectivity index (χ0) is 28.4. The Bertz CT molecular complexity index is 1360. The van der Waals surface area contributed by atoms with Gasteiger partial charge >= 0.3 is 0 Å². The minimum absolute atomic E-state index is 0.167. The quantitative estimate of drug-likeness (QED) is 0.386. The van der Waals surface area contributed by atoms with E-state index in [4.69, 9.17) is 16.3 Å². The van der Waals surface area contributed by atoms with Gasteiger partial charge in [0.15, 0.2) is 0 Å². The van der Waals surface area contributed by atoms with Gasteiger partial charge in [-0.3, -0.25) is 4.79 Å². The van der Waals surface area contributed by atoms with Crippen LogP contribution >= 0.6 is 11.6 Å². The standard InChI is InChI=1S/C30H37ClFN5O3/c1-19(2)35-8-6-24(7-9-35)34-29-12-26(27(31)13-33-29)22-11-28-30(39)37(25(18-40-3)16-36(28)14-22)15-21-10-23(32)5-4-20(21)17-38/h4-5,10-14,19,24-25,38H,6-9,15-18H2,1-3H3,(H,33,34). The molecule has 2 N–H and O–H groups in total. The van der Waals surface area contributed by atoms with Crippen molar-refractivity contribution in [2.24, 2.45) is 0 Å². The lowest BCUT2D eigenvalue weighted by atomic mass is 10.0. The predicted octanol–water partition coefficient (Wildman–Crippen LogP) is 4.79. The maximum absolute atomic E-state index is 14.0. The molecule has 1 unspecified atom stereocenters. The van der Waals surface area contributed by atoms with E-state index in [1.54, 1.807) is 24.3 Å². The number of anilines is 1. The van der Waals surface area contributed by atoms with Crippen molar-refractivity contribution < 1.29 is 19.0 Å². The van der Waals surface area contributed by atoms with E-state index >= 15 is 0 Å². The summed E-state index contributed by atoms with van der Waals surface area (Å²) in [6, 6.07) is 8.67. The van der Waals surface area contributed by atoms with Crippen molar-refractivity contribution >= 4 is 23.3 Å². The van der Waals surface area contributed by atoms with Crippen LogP contribution in [0.1, 0.15) is 48.3 Å². The smallest absolute Gasteiger partial charge is 0.271 e. The number of carbonyl (C=O) groups excluding carboxylic acids is 1. The SMILES string of the molecule is COCC1Cn2cc(-c3cc(NC4CCN(C(C)C)CC4)ncc3Cl)cc2C(=O)N1Cc1cc(F)ccc1CO. The highest BCUT2D eigenvalue weighted by Gasteiger charge is 2.34. The van der Waals surface area contributed by atoms with Crippen LogP contribution in [0.5, 0.6) is 0 Å². The van der Waals surface area contributed by atoms with E-state index in [1.165, 1.54) is 12.1 Å². The summed E-state index contributed by atoms with van der Waals surface area (Å²) in [6.07, 6.45) is 5.70. The summed E-state index contributed by atoms with van der Waals surface area (Å²) >= 11 is 6.61. The molecule has 5 rings (SSSR count). The molecule has 1 aromatic carbocycles. The van der Waals surface area contributed by atoms with Crippen LogP contribution < -0.4 is 5.32 Å². The maximum atomic E-state index is 14.0. The minimum atomic E-state index is -0.409. The first-order valence-corrected chi connectivity index (χ1v) is 14.2. The summed E-state index contributed by atoms with van der Waals surface area (Å²) in [6.45, 7) is 7.34. The van der Waals surface area contributed by atoms with Gasteiger partial charge in [-0.2, -0.15) is 0 Å². The van der Waals surface area contributed by atoms with E-state index < -0.39 is 5.82 Å². The number of pyridine rings is 1. The largest absolute Gasteiger partial charge is 0.392 e. The monoisotopic (exact) mass is 569 g/mol. The number of methoxy groups -OCH3 is 1. The molecular formula is C30H37ClFN5O3. The molecule has 2 aliphatic rings. The first-order chi connectivity index (χ1) is 19.3. The summed E-state index contributed by atoms with van der Waals surface area (Å²) in [4.78, 5) is 22.5. The number of piperidine rings is 1. The average molecular weight is 570 g/mol. The highest BCUT2D eigenvalue weighted by Crippen LogP contribution is 2.34. The number of aliphatic hydroxyl groups is 1. The molecule has 2 aliphatic heterocycles. The number of hydrogen-bond donors (Lipinski definition) is 2. The fourth-order valence-corrected chi connectivity index (χ4v) is 5.96. The summed E-state index contributed by atoms with van der Waals surface area (Å²) < 4.78 is 21.4. The molecule has 214 valence electrons. The fraction of sp³-hybridized carbons (Fsp3) is 0.467. The molecule has 8 nitrogen and oxygen atoms in total. The molecule has 0 spiro atoms. The normalized spacial score (nSPS) is 18.4. The number of aliphatic hydroxyl groups excluding tert-OH is 1. The molecule has 0 saturated carbocycles. The van der Waals surface area contributed by atoms with Crippen molar-refractivity contribution in [3.8, 4) is 11.1 Å². The Kier molecular flexibility index (Phi) is 8.75. The third-order valence-corrected chi connectivity index (χ3v) is 8.34. The molecule has 1 saturated heterocycles. The molecule has 1 amide bonds. The average Bonchev–Trinajstić information content (AvgIpc) is 3.36. The van der Waals surface area contributed by atoms with Crippen molar-refractivity contribution in [1.82, 2.24) is 19.4 Å². The number of benzene rings is 1. The highest BCUT2D eigenvalue weighted by molar-refractivity contribution is 6.33. The van der Waals surface area contributed by atoms with Gasteiger partial charge < -0.3 is 29.5 Å². The first-order valence-electron chi connectivity index (χ1n) is 13.8. The Morgan fingerprint density at radius 1 is 1.20 bits per heavy atom. The Labute approximate surface area is 239 Å². The number of halogens is 2. The topological polar surface area (TPSA) is 82.9 Å². The molecule has 3 aromatic rings. The summed E-state index contributed by atoms with van der Waals surface area (Å²) in [7, 11) is 1.60. The van der Waals surface area contributed by atoms with Gasteiger partial charge in [-0.25, -0.2) is 9.37 Å². The number of amides is 1. The molecule has 10 heteroatoms. The van der Waals surface area contributed by atoms with Crippen LogP contribution in [0.4, 0.5) is 10.2 Å². The van der Waals surface area contributed by atoms with Gasteiger partial charge in [-0.1, -0.05) is 17.7 Å².